The Morgan fingerprint density at radius 2 is 2.39 bits per heavy atom. The Hall–Kier alpha value is -1.03. The van der Waals surface area contributed by atoms with Crippen molar-refractivity contribution in [2.45, 2.75) is 5.75 Å². The number of nitrogens with zero attached hydrogens (tertiary/aromatic N) is 3. The summed E-state index contributed by atoms with van der Waals surface area (Å²) in [4.78, 5) is 6.50. The van der Waals surface area contributed by atoms with Crippen molar-refractivity contribution in [3.05, 3.63) is 35.4 Å². The molecule has 6 heteroatoms. The number of amidine groups is 1. The summed E-state index contributed by atoms with van der Waals surface area (Å²) in [5.41, 5.74) is 1.86. The average Bonchev–Trinajstić information content (AvgIpc) is 2.38. The third-order valence-corrected chi connectivity index (χ3v) is 3.41. The average molecular weight is 327 g/mol. The predicted octanol–water partition coefficient (Wildman–Crippen LogP) is 2.18. The number of halogens is 1. The Bertz CT molecular complexity index is 469. The third kappa shape index (κ3) is 4.33. The molecule has 1 aliphatic heterocycles. The topological polar surface area (TPSA) is 51.4 Å². The zero-order valence-corrected chi connectivity index (χ0v) is 12.6. The van der Waals surface area contributed by atoms with Gasteiger partial charge in [-0.05, 0) is 24.7 Å². The van der Waals surface area contributed by atoms with Gasteiger partial charge in [0.25, 0.3) is 0 Å². The van der Waals surface area contributed by atoms with E-state index in [1.807, 2.05) is 31.3 Å². The molecular weight excluding hydrogens is 312 g/mol. The lowest BCUT2D eigenvalue weighted by Gasteiger charge is -2.22. The largest absolute Gasteiger partial charge is 0.352 e. The summed E-state index contributed by atoms with van der Waals surface area (Å²) in [6.45, 7) is 1.58. The first kappa shape index (κ1) is 15.0. The standard InChI is InChI=1S/C12H14N4S.BrH/c1-16-8-14-12(15-9-16)17-7-11-4-2-3-10(5-11)6-13;/h2-5H,7-9H2,1H3,(H,14,15);1H. The second-order valence-corrected chi connectivity index (χ2v) is 4.86. The van der Waals surface area contributed by atoms with Gasteiger partial charge in [0, 0.05) is 5.75 Å². The van der Waals surface area contributed by atoms with Crippen LogP contribution >= 0.6 is 28.7 Å². The molecule has 0 saturated carbocycles. The number of aliphatic imine (C=N–C) groups is 1. The molecule has 0 atom stereocenters. The zero-order chi connectivity index (χ0) is 12.1. The van der Waals surface area contributed by atoms with E-state index in [1.165, 1.54) is 0 Å². The molecule has 1 aromatic carbocycles. The fraction of sp³-hybridized carbons (Fsp3) is 0.333. The van der Waals surface area contributed by atoms with Crippen molar-refractivity contribution in [2.24, 2.45) is 4.99 Å². The molecule has 0 radical (unpaired) electrons. The van der Waals surface area contributed by atoms with Crippen molar-refractivity contribution in [3.63, 3.8) is 0 Å². The Morgan fingerprint density at radius 3 is 3.06 bits per heavy atom. The van der Waals surface area contributed by atoms with Crippen LogP contribution in [0.2, 0.25) is 0 Å². The van der Waals surface area contributed by atoms with Crippen LogP contribution in [0.5, 0.6) is 0 Å². The highest BCUT2D eigenvalue weighted by Crippen LogP contribution is 2.15. The highest BCUT2D eigenvalue weighted by atomic mass is 79.9. The molecule has 1 aliphatic rings. The van der Waals surface area contributed by atoms with Gasteiger partial charge < -0.3 is 5.32 Å². The first-order valence-corrected chi connectivity index (χ1v) is 6.35. The first-order chi connectivity index (χ1) is 8.28. The molecule has 1 N–H and O–H groups in total. The van der Waals surface area contributed by atoms with Gasteiger partial charge in [0.1, 0.15) is 0 Å². The zero-order valence-electron chi connectivity index (χ0n) is 10.1. The normalized spacial score (nSPS) is 15.0. The van der Waals surface area contributed by atoms with E-state index in [1.54, 1.807) is 11.8 Å². The Morgan fingerprint density at radius 1 is 1.56 bits per heavy atom. The molecule has 0 aliphatic carbocycles. The molecule has 0 unspecified atom stereocenters. The minimum absolute atomic E-state index is 0. The molecule has 4 nitrogen and oxygen atoms in total. The van der Waals surface area contributed by atoms with Crippen LogP contribution in [-0.4, -0.2) is 30.5 Å². The maximum absolute atomic E-state index is 8.81. The number of benzene rings is 1. The summed E-state index contributed by atoms with van der Waals surface area (Å²) < 4.78 is 0. The summed E-state index contributed by atoms with van der Waals surface area (Å²) in [6.07, 6.45) is 0. The van der Waals surface area contributed by atoms with Gasteiger partial charge in [-0.1, -0.05) is 23.9 Å². The fourth-order valence-corrected chi connectivity index (χ4v) is 2.27. The van der Waals surface area contributed by atoms with Crippen LogP contribution in [0.4, 0.5) is 0 Å². The number of thioether (sulfide) groups is 1. The highest BCUT2D eigenvalue weighted by Gasteiger charge is 2.08. The van der Waals surface area contributed by atoms with Crippen molar-refractivity contribution in [1.29, 1.82) is 5.26 Å². The molecular formula is C12H15BrN4S. The minimum atomic E-state index is 0. The molecule has 18 heavy (non-hydrogen) atoms. The van der Waals surface area contributed by atoms with E-state index in [4.69, 9.17) is 5.26 Å². The van der Waals surface area contributed by atoms with Crippen LogP contribution in [0, 0.1) is 11.3 Å². The lowest BCUT2D eigenvalue weighted by atomic mass is 10.2. The number of rotatable bonds is 2. The SMILES string of the molecule is Br.CN1CN=C(SCc2cccc(C#N)c2)NC1. The van der Waals surface area contributed by atoms with Crippen LogP contribution in [-0.2, 0) is 5.75 Å². The monoisotopic (exact) mass is 326 g/mol. The summed E-state index contributed by atoms with van der Waals surface area (Å²) in [5, 5.41) is 13.0. The lowest BCUT2D eigenvalue weighted by molar-refractivity contribution is 0.326. The summed E-state index contributed by atoms with van der Waals surface area (Å²) in [7, 11) is 2.02. The van der Waals surface area contributed by atoms with Gasteiger partial charge in [-0.2, -0.15) is 5.26 Å². The Balaban J connectivity index is 0.00000162. The van der Waals surface area contributed by atoms with Crippen molar-refractivity contribution < 1.29 is 0 Å². The van der Waals surface area contributed by atoms with Crippen LogP contribution in [0.1, 0.15) is 11.1 Å². The molecule has 1 aromatic rings. The van der Waals surface area contributed by atoms with Crippen molar-refractivity contribution in [3.8, 4) is 6.07 Å². The quantitative estimate of drug-likeness (QED) is 0.905. The highest BCUT2D eigenvalue weighted by molar-refractivity contribution is 8.93. The van der Waals surface area contributed by atoms with Gasteiger partial charge in [0.05, 0.1) is 25.0 Å². The third-order valence-electron chi connectivity index (χ3n) is 2.39. The molecule has 0 amide bonds. The van der Waals surface area contributed by atoms with Gasteiger partial charge in [-0.3, -0.25) is 4.90 Å². The van der Waals surface area contributed by atoms with Gasteiger partial charge in [0.15, 0.2) is 5.17 Å². The summed E-state index contributed by atoms with van der Waals surface area (Å²) in [5.74, 6) is 0.838. The maximum atomic E-state index is 8.81. The van der Waals surface area contributed by atoms with E-state index >= 15 is 0 Å². The van der Waals surface area contributed by atoms with E-state index in [0.717, 1.165) is 29.8 Å². The van der Waals surface area contributed by atoms with E-state index in [0.29, 0.717) is 5.56 Å². The predicted molar refractivity (Wildman–Crippen MR) is 80.8 cm³/mol. The fourth-order valence-electron chi connectivity index (χ4n) is 1.47. The van der Waals surface area contributed by atoms with E-state index in [-0.39, 0.29) is 17.0 Å². The van der Waals surface area contributed by atoms with Gasteiger partial charge in [-0.25, -0.2) is 4.99 Å². The van der Waals surface area contributed by atoms with Crippen LogP contribution in [0.25, 0.3) is 0 Å². The van der Waals surface area contributed by atoms with Gasteiger partial charge in [0.2, 0.25) is 0 Å². The Kier molecular flexibility index (Phi) is 6.19. The molecule has 0 saturated heterocycles. The second-order valence-electron chi connectivity index (χ2n) is 3.90. The maximum Gasteiger partial charge on any atom is 0.159 e. The van der Waals surface area contributed by atoms with Crippen molar-refractivity contribution in [2.75, 3.05) is 20.4 Å². The van der Waals surface area contributed by atoms with Crippen LogP contribution < -0.4 is 5.32 Å². The number of hydrogen-bond acceptors (Lipinski definition) is 5. The van der Waals surface area contributed by atoms with Crippen molar-refractivity contribution in [1.82, 2.24) is 10.2 Å². The van der Waals surface area contributed by atoms with Crippen LogP contribution in [0.15, 0.2) is 29.3 Å². The minimum Gasteiger partial charge on any atom is -0.352 e. The number of nitriles is 1. The molecule has 0 fully saturated rings. The van der Waals surface area contributed by atoms with Crippen molar-refractivity contribution >= 4 is 33.9 Å². The first-order valence-electron chi connectivity index (χ1n) is 5.36. The molecule has 2 rings (SSSR count). The van der Waals surface area contributed by atoms with E-state index < -0.39 is 0 Å². The van der Waals surface area contributed by atoms with Crippen LogP contribution in [0.3, 0.4) is 0 Å². The number of hydrogen-bond donors (Lipinski definition) is 1. The molecule has 0 spiro atoms. The van der Waals surface area contributed by atoms with E-state index in [2.05, 4.69) is 21.3 Å². The summed E-state index contributed by atoms with van der Waals surface area (Å²) >= 11 is 1.67. The van der Waals surface area contributed by atoms with Gasteiger partial charge in [-0.15, -0.1) is 17.0 Å². The second kappa shape index (κ2) is 7.41. The smallest absolute Gasteiger partial charge is 0.159 e. The van der Waals surface area contributed by atoms with E-state index in [9.17, 15) is 0 Å². The molecule has 96 valence electrons. The summed E-state index contributed by atoms with van der Waals surface area (Å²) in [6, 6.07) is 9.83. The molecule has 0 aromatic heterocycles. The Labute approximate surface area is 122 Å². The van der Waals surface area contributed by atoms with Gasteiger partial charge >= 0.3 is 0 Å². The molecule has 1 heterocycles. The number of nitrogens with one attached hydrogen (secondary N) is 1. The molecule has 0 bridgehead atoms. The lowest BCUT2D eigenvalue weighted by Crippen LogP contribution is -2.39.